The lowest BCUT2D eigenvalue weighted by molar-refractivity contribution is 0.788. The summed E-state index contributed by atoms with van der Waals surface area (Å²) in [5.74, 6) is 1.77. The first-order valence-electron chi connectivity index (χ1n) is 7.32. The van der Waals surface area contributed by atoms with E-state index in [0.29, 0.717) is 0 Å². The molecule has 108 valence electrons. The maximum absolute atomic E-state index is 4.64. The molecule has 1 fully saturated rings. The van der Waals surface area contributed by atoms with Gasteiger partial charge in [0.25, 0.3) is 0 Å². The van der Waals surface area contributed by atoms with Crippen LogP contribution in [0.5, 0.6) is 0 Å². The topological polar surface area (TPSA) is 51.8 Å². The predicted octanol–water partition coefficient (Wildman–Crippen LogP) is 1.97. The number of anilines is 1. The molecule has 0 unspecified atom stereocenters. The molecule has 0 saturated carbocycles. The summed E-state index contributed by atoms with van der Waals surface area (Å²) in [5.41, 5.74) is 2.01. The van der Waals surface area contributed by atoms with Crippen LogP contribution in [0.2, 0.25) is 0 Å². The van der Waals surface area contributed by atoms with Crippen molar-refractivity contribution in [1.29, 1.82) is 0 Å². The number of aryl methyl sites for hydroxylation is 1. The second-order valence-corrected chi connectivity index (χ2v) is 5.57. The Morgan fingerprint density at radius 1 is 1.00 bits per heavy atom. The van der Waals surface area contributed by atoms with E-state index >= 15 is 0 Å². The van der Waals surface area contributed by atoms with Gasteiger partial charge in [-0.2, -0.15) is 5.10 Å². The summed E-state index contributed by atoms with van der Waals surface area (Å²) in [6, 6.07) is 8.22. The van der Waals surface area contributed by atoms with Crippen molar-refractivity contribution in [3.63, 3.8) is 0 Å². The molecule has 6 heteroatoms. The van der Waals surface area contributed by atoms with Crippen LogP contribution in [0.3, 0.4) is 0 Å². The Kier molecular flexibility index (Phi) is 2.70. The van der Waals surface area contributed by atoms with Crippen LogP contribution < -0.4 is 4.90 Å². The molecule has 0 atom stereocenters. The summed E-state index contributed by atoms with van der Waals surface area (Å²) < 4.78 is 3.95. The van der Waals surface area contributed by atoms with Crippen LogP contribution in [-0.4, -0.2) is 37.6 Å². The van der Waals surface area contributed by atoms with Crippen molar-refractivity contribution in [2.45, 2.75) is 12.8 Å². The van der Waals surface area contributed by atoms with Crippen LogP contribution in [-0.2, 0) is 14.1 Å². The molecule has 1 aliphatic rings. The minimum Gasteiger partial charge on any atom is -0.341 e. The van der Waals surface area contributed by atoms with E-state index in [9.17, 15) is 0 Å². The molecular formula is C15H18N6. The van der Waals surface area contributed by atoms with Gasteiger partial charge in [0.05, 0.1) is 5.52 Å². The first-order valence-corrected chi connectivity index (χ1v) is 7.32. The van der Waals surface area contributed by atoms with Crippen molar-refractivity contribution >= 4 is 16.9 Å². The van der Waals surface area contributed by atoms with Crippen LogP contribution >= 0.6 is 0 Å². The van der Waals surface area contributed by atoms with Crippen molar-refractivity contribution in [2.24, 2.45) is 14.1 Å². The van der Waals surface area contributed by atoms with E-state index in [1.165, 1.54) is 12.8 Å². The van der Waals surface area contributed by atoms with Gasteiger partial charge in [0.1, 0.15) is 5.69 Å². The quantitative estimate of drug-likeness (QED) is 0.721. The van der Waals surface area contributed by atoms with Gasteiger partial charge in [-0.25, -0.2) is 0 Å². The standard InChI is InChI=1S/C15H18N6/c1-19-14(16-17-15(19)21-9-5-6-10-21)13-11-7-3-4-8-12(11)20(2)18-13/h3-4,7-8H,5-6,9-10H2,1-2H3. The fourth-order valence-electron chi connectivity index (χ4n) is 3.10. The lowest BCUT2D eigenvalue weighted by Gasteiger charge is -2.15. The molecule has 0 bridgehead atoms. The highest BCUT2D eigenvalue weighted by molar-refractivity contribution is 5.91. The van der Waals surface area contributed by atoms with Crippen molar-refractivity contribution < 1.29 is 0 Å². The molecule has 0 amide bonds. The SMILES string of the molecule is Cn1c(-c2nn(C)c3ccccc23)nnc1N1CCCC1. The van der Waals surface area contributed by atoms with Gasteiger partial charge in [0.15, 0.2) is 5.82 Å². The van der Waals surface area contributed by atoms with Crippen molar-refractivity contribution in [2.75, 3.05) is 18.0 Å². The normalized spacial score (nSPS) is 15.2. The molecule has 0 N–H and O–H groups in total. The Labute approximate surface area is 123 Å². The van der Waals surface area contributed by atoms with Crippen LogP contribution in [0.4, 0.5) is 5.95 Å². The third-order valence-corrected chi connectivity index (χ3v) is 4.21. The highest BCUT2D eigenvalue weighted by Crippen LogP contribution is 2.28. The van der Waals surface area contributed by atoms with E-state index in [2.05, 4.69) is 36.9 Å². The van der Waals surface area contributed by atoms with E-state index in [4.69, 9.17) is 0 Å². The Morgan fingerprint density at radius 2 is 1.76 bits per heavy atom. The largest absolute Gasteiger partial charge is 0.341 e. The molecule has 6 nitrogen and oxygen atoms in total. The second-order valence-electron chi connectivity index (χ2n) is 5.57. The molecule has 2 aromatic heterocycles. The molecule has 0 radical (unpaired) electrons. The lowest BCUT2D eigenvalue weighted by atomic mass is 10.2. The first-order chi connectivity index (χ1) is 10.3. The fourth-order valence-corrected chi connectivity index (χ4v) is 3.10. The fraction of sp³-hybridized carbons (Fsp3) is 0.400. The van der Waals surface area contributed by atoms with Gasteiger partial charge in [-0.15, -0.1) is 10.2 Å². The Morgan fingerprint density at radius 3 is 2.57 bits per heavy atom. The molecule has 3 heterocycles. The number of nitrogens with zero attached hydrogens (tertiary/aromatic N) is 6. The van der Waals surface area contributed by atoms with Crippen molar-refractivity contribution in [3.05, 3.63) is 24.3 Å². The zero-order valence-electron chi connectivity index (χ0n) is 12.3. The smallest absolute Gasteiger partial charge is 0.227 e. The van der Waals surface area contributed by atoms with Crippen molar-refractivity contribution in [1.82, 2.24) is 24.5 Å². The van der Waals surface area contributed by atoms with Gasteiger partial charge in [-0.05, 0) is 18.9 Å². The lowest BCUT2D eigenvalue weighted by Crippen LogP contribution is -2.21. The summed E-state index contributed by atoms with van der Waals surface area (Å²) in [6.07, 6.45) is 2.46. The zero-order valence-corrected chi connectivity index (χ0v) is 12.3. The van der Waals surface area contributed by atoms with Crippen molar-refractivity contribution in [3.8, 4) is 11.5 Å². The third-order valence-electron chi connectivity index (χ3n) is 4.21. The minimum atomic E-state index is 0.828. The number of rotatable bonds is 2. The van der Waals surface area contributed by atoms with Crippen LogP contribution in [0.25, 0.3) is 22.4 Å². The van der Waals surface area contributed by atoms with Gasteiger partial charge in [0, 0.05) is 32.6 Å². The average Bonchev–Trinajstić information content (AvgIpc) is 3.19. The van der Waals surface area contributed by atoms with E-state index in [1.807, 2.05) is 30.9 Å². The Hall–Kier alpha value is -2.37. The first kappa shape index (κ1) is 12.4. The molecule has 1 aliphatic heterocycles. The number of aromatic nitrogens is 5. The number of hydrogen-bond acceptors (Lipinski definition) is 4. The molecule has 0 spiro atoms. The van der Waals surface area contributed by atoms with E-state index in [1.54, 1.807) is 0 Å². The van der Waals surface area contributed by atoms with E-state index in [-0.39, 0.29) is 0 Å². The van der Waals surface area contributed by atoms with Crippen LogP contribution in [0, 0.1) is 0 Å². The van der Waals surface area contributed by atoms with Gasteiger partial charge >= 0.3 is 0 Å². The number of fused-ring (bicyclic) bond motifs is 1. The molecule has 3 aromatic rings. The summed E-state index contributed by atoms with van der Waals surface area (Å²) in [7, 11) is 3.98. The number of para-hydroxylation sites is 1. The summed E-state index contributed by atoms with van der Waals surface area (Å²) in [5, 5.41) is 14.5. The highest BCUT2D eigenvalue weighted by Gasteiger charge is 2.22. The van der Waals surface area contributed by atoms with E-state index in [0.717, 1.165) is 41.5 Å². The molecule has 4 rings (SSSR count). The molecular weight excluding hydrogens is 264 g/mol. The van der Waals surface area contributed by atoms with Gasteiger partial charge in [-0.3, -0.25) is 9.25 Å². The maximum Gasteiger partial charge on any atom is 0.227 e. The summed E-state index contributed by atoms with van der Waals surface area (Å²) >= 11 is 0. The molecule has 21 heavy (non-hydrogen) atoms. The van der Waals surface area contributed by atoms with Gasteiger partial charge in [-0.1, -0.05) is 18.2 Å². The average molecular weight is 282 g/mol. The van der Waals surface area contributed by atoms with Crippen LogP contribution in [0.15, 0.2) is 24.3 Å². The van der Waals surface area contributed by atoms with Gasteiger partial charge < -0.3 is 4.90 Å². The summed E-state index contributed by atoms with van der Waals surface area (Å²) in [4.78, 5) is 2.29. The van der Waals surface area contributed by atoms with E-state index < -0.39 is 0 Å². The Bertz CT molecular complexity index is 794. The monoisotopic (exact) mass is 282 g/mol. The number of hydrogen-bond donors (Lipinski definition) is 0. The second kappa shape index (κ2) is 4.58. The van der Waals surface area contributed by atoms with Crippen LogP contribution in [0.1, 0.15) is 12.8 Å². The summed E-state index contributed by atoms with van der Waals surface area (Å²) in [6.45, 7) is 2.13. The molecule has 0 aliphatic carbocycles. The maximum atomic E-state index is 4.64. The van der Waals surface area contributed by atoms with Gasteiger partial charge in [0.2, 0.25) is 5.95 Å². The predicted molar refractivity (Wildman–Crippen MR) is 82.2 cm³/mol. The molecule has 1 saturated heterocycles. The minimum absolute atomic E-state index is 0.828. The Balaban J connectivity index is 1.86. The molecule has 1 aromatic carbocycles. The zero-order chi connectivity index (χ0) is 14.4. The number of benzene rings is 1. The highest BCUT2D eigenvalue weighted by atomic mass is 15.4. The third kappa shape index (κ3) is 1.82.